The fraction of sp³-hybridized carbons (Fsp3) is 0.433. The van der Waals surface area contributed by atoms with Crippen molar-refractivity contribution in [1.82, 2.24) is 9.97 Å². The maximum absolute atomic E-state index is 14.5. The topological polar surface area (TPSA) is 61.3 Å². The first-order valence-electron chi connectivity index (χ1n) is 13.2. The van der Waals surface area contributed by atoms with Gasteiger partial charge in [0.05, 0.1) is 24.6 Å². The maximum Gasteiger partial charge on any atom is 0.346 e. The summed E-state index contributed by atoms with van der Waals surface area (Å²) in [5.74, 6) is -0.393. The molecule has 0 atom stereocenters. The van der Waals surface area contributed by atoms with E-state index in [1.807, 2.05) is 12.1 Å². The lowest BCUT2D eigenvalue weighted by Gasteiger charge is -2.09. The number of carbonyl (C=O) groups is 1. The van der Waals surface area contributed by atoms with Crippen molar-refractivity contribution in [3.05, 3.63) is 71.8 Å². The van der Waals surface area contributed by atoms with E-state index in [0.717, 1.165) is 24.8 Å². The Labute approximate surface area is 214 Å². The van der Waals surface area contributed by atoms with Gasteiger partial charge in [-0.15, -0.1) is 0 Å². The molecular weight excluding hydrogens is 455 g/mol. The lowest BCUT2D eigenvalue weighted by molar-refractivity contribution is 0.0728. The molecule has 0 amide bonds. The number of aryl methyl sites for hydroxylation is 1. The molecule has 0 aliphatic carbocycles. The van der Waals surface area contributed by atoms with Crippen LogP contribution in [-0.2, 0) is 6.42 Å². The Kier molecular flexibility index (Phi) is 11.4. The first kappa shape index (κ1) is 27.3. The van der Waals surface area contributed by atoms with Gasteiger partial charge in [-0.25, -0.2) is 19.2 Å². The van der Waals surface area contributed by atoms with Crippen LogP contribution in [0.5, 0.6) is 11.5 Å². The van der Waals surface area contributed by atoms with Crippen molar-refractivity contribution in [2.45, 2.75) is 78.1 Å². The van der Waals surface area contributed by atoms with Crippen LogP contribution in [0.4, 0.5) is 4.39 Å². The van der Waals surface area contributed by atoms with Gasteiger partial charge < -0.3 is 9.47 Å². The van der Waals surface area contributed by atoms with E-state index in [4.69, 9.17) is 9.47 Å². The number of hydrogen-bond donors (Lipinski definition) is 0. The van der Waals surface area contributed by atoms with E-state index in [2.05, 4.69) is 35.9 Å². The second-order valence-corrected chi connectivity index (χ2v) is 9.04. The average molecular weight is 493 g/mol. The summed E-state index contributed by atoms with van der Waals surface area (Å²) in [5, 5.41) is 0. The predicted octanol–water partition coefficient (Wildman–Crippen LogP) is 7.97. The molecule has 5 nitrogen and oxygen atoms in total. The third kappa shape index (κ3) is 8.74. The number of benzene rings is 2. The fourth-order valence-electron chi connectivity index (χ4n) is 3.90. The lowest BCUT2D eigenvalue weighted by Crippen LogP contribution is -2.11. The van der Waals surface area contributed by atoms with Crippen molar-refractivity contribution in [3.63, 3.8) is 0 Å². The largest absolute Gasteiger partial charge is 0.493 e. The molecule has 192 valence electrons. The van der Waals surface area contributed by atoms with Crippen molar-refractivity contribution in [1.29, 1.82) is 0 Å². The van der Waals surface area contributed by atoms with Crippen molar-refractivity contribution in [2.24, 2.45) is 0 Å². The number of ether oxygens (including phenoxy) is 2. The Bertz CT molecular complexity index is 1070. The number of hydrogen-bond acceptors (Lipinski definition) is 5. The molecule has 3 aromatic rings. The predicted molar refractivity (Wildman–Crippen MR) is 141 cm³/mol. The maximum atomic E-state index is 14.5. The van der Waals surface area contributed by atoms with Crippen LogP contribution in [0, 0.1) is 5.82 Å². The molecule has 0 spiro atoms. The first-order valence-corrected chi connectivity index (χ1v) is 13.2. The van der Waals surface area contributed by atoms with Crippen molar-refractivity contribution >= 4 is 5.97 Å². The molecule has 0 N–H and O–H groups in total. The number of nitrogens with zero attached hydrogens (tertiary/aromatic N) is 2. The zero-order chi connectivity index (χ0) is 25.6. The van der Waals surface area contributed by atoms with Crippen molar-refractivity contribution in [2.75, 3.05) is 6.61 Å². The van der Waals surface area contributed by atoms with E-state index in [0.29, 0.717) is 18.2 Å². The van der Waals surface area contributed by atoms with Crippen LogP contribution in [0.1, 0.15) is 87.6 Å². The minimum atomic E-state index is -0.803. The highest BCUT2D eigenvalue weighted by molar-refractivity contribution is 5.91. The van der Waals surface area contributed by atoms with Crippen molar-refractivity contribution in [3.8, 4) is 22.9 Å². The summed E-state index contributed by atoms with van der Waals surface area (Å²) in [6.07, 6.45) is 14.5. The molecule has 0 aliphatic heterocycles. The molecule has 36 heavy (non-hydrogen) atoms. The first-order chi connectivity index (χ1) is 17.6. The Balaban J connectivity index is 1.51. The van der Waals surface area contributed by atoms with Gasteiger partial charge in [-0.1, -0.05) is 83.1 Å². The lowest BCUT2D eigenvalue weighted by atomic mass is 10.0. The molecule has 0 unspecified atom stereocenters. The highest BCUT2D eigenvalue weighted by Crippen LogP contribution is 2.21. The van der Waals surface area contributed by atoms with Gasteiger partial charge in [0.1, 0.15) is 11.6 Å². The number of halogens is 1. The Morgan fingerprint density at radius 1 is 0.806 bits per heavy atom. The van der Waals surface area contributed by atoms with Gasteiger partial charge in [0.25, 0.3) is 0 Å². The van der Waals surface area contributed by atoms with E-state index in [1.165, 1.54) is 75.0 Å². The number of esters is 1. The minimum Gasteiger partial charge on any atom is -0.493 e. The quantitative estimate of drug-likeness (QED) is 0.159. The fourth-order valence-corrected chi connectivity index (χ4v) is 3.90. The van der Waals surface area contributed by atoms with E-state index in [-0.39, 0.29) is 11.3 Å². The molecule has 1 heterocycles. The average Bonchev–Trinajstić information content (AvgIpc) is 2.89. The molecule has 6 heteroatoms. The molecule has 3 rings (SSSR count). The second kappa shape index (κ2) is 15.0. The van der Waals surface area contributed by atoms with Crippen LogP contribution < -0.4 is 9.47 Å². The molecule has 0 fully saturated rings. The molecule has 0 radical (unpaired) electrons. The van der Waals surface area contributed by atoms with Crippen LogP contribution >= 0.6 is 0 Å². The van der Waals surface area contributed by atoms with Gasteiger partial charge in [0, 0.05) is 11.6 Å². The summed E-state index contributed by atoms with van der Waals surface area (Å²) in [7, 11) is 0. The highest BCUT2D eigenvalue weighted by atomic mass is 19.1. The normalized spacial score (nSPS) is 10.9. The summed E-state index contributed by atoms with van der Waals surface area (Å²) < 4.78 is 25.4. The Morgan fingerprint density at radius 3 is 2.14 bits per heavy atom. The third-order valence-electron chi connectivity index (χ3n) is 6.05. The standard InChI is InChI=1S/C30H37FN2O3/c1-3-5-7-9-11-19-35-25-17-18-27(28(31)20-25)30(34)36-26-21-32-29(33-22-26)24-15-13-23(14-16-24)12-10-8-6-4-2/h13-18,20-22H,3-12,19H2,1-2H3. The van der Waals surface area contributed by atoms with Gasteiger partial charge >= 0.3 is 5.97 Å². The molecule has 0 saturated carbocycles. The molecule has 0 aliphatic rings. The molecule has 1 aromatic heterocycles. The van der Waals surface area contributed by atoms with Crippen LogP contribution in [0.25, 0.3) is 11.4 Å². The number of aromatic nitrogens is 2. The second-order valence-electron chi connectivity index (χ2n) is 9.04. The van der Waals surface area contributed by atoms with Gasteiger partial charge in [0.2, 0.25) is 0 Å². The smallest absolute Gasteiger partial charge is 0.346 e. The molecule has 0 saturated heterocycles. The summed E-state index contributed by atoms with van der Waals surface area (Å²) in [6, 6.07) is 12.4. The molecule has 2 aromatic carbocycles. The van der Waals surface area contributed by atoms with Gasteiger partial charge in [0.15, 0.2) is 11.6 Å². The summed E-state index contributed by atoms with van der Waals surface area (Å²) in [4.78, 5) is 21.1. The van der Waals surface area contributed by atoms with Crippen LogP contribution in [0.2, 0.25) is 0 Å². The highest BCUT2D eigenvalue weighted by Gasteiger charge is 2.16. The van der Waals surface area contributed by atoms with Gasteiger partial charge in [-0.3, -0.25) is 0 Å². The summed E-state index contributed by atoms with van der Waals surface area (Å²) in [5.41, 5.74) is 2.02. The number of carbonyl (C=O) groups excluding carboxylic acids is 1. The summed E-state index contributed by atoms with van der Waals surface area (Å²) >= 11 is 0. The Hall–Kier alpha value is -3.28. The zero-order valence-electron chi connectivity index (χ0n) is 21.5. The van der Waals surface area contributed by atoms with E-state index in [1.54, 1.807) is 6.07 Å². The van der Waals surface area contributed by atoms with Crippen LogP contribution in [-0.4, -0.2) is 22.5 Å². The van der Waals surface area contributed by atoms with Crippen LogP contribution in [0.3, 0.4) is 0 Å². The zero-order valence-corrected chi connectivity index (χ0v) is 21.5. The monoisotopic (exact) mass is 492 g/mol. The molecular formula is C30H37FN2O3. The van der Waals surface area contributed by atoms with E-state index in [9.17, 15) is 9.18 Å². The Morgan fingerprint density at radius 2 is 1.47 bits per heavy atom. The van der Waals surface area contributed by atoms with Gasteiger partial charge in [-0.05, 0) is 37.0 Å². The number of rotatable bonds is 15. The van der Waals surface area contributed by atoms with Gasteiger partial charge in [-0.2, -0.15) is 0 Å². The minimum absolute atomic E-state index is 0.156. The third-order valence-corrected chi connectivity index (χ3v) is 6.05. The van der Waals surface area contributed by atoms with Crippen molar-refractivity contribution < 1.29 is 18.7 Å². The SMILES string of the molecule is CCCCCCCOc1ccc(C(=O)Oc2cnc(-c3ccc(CCCCCC)cc3)nc2)c(F)c1. The van der Waals surface area contributed by atoms with E-state index < -0.39 is 11.8 Å². The molecule has 0 bridgehead atoms. The number of unbranched alkanes of at least 4 members (excludes halogenated alkanes) is 7. The van der Waals surface area contributed by atoms with E-state index >= 15 is 0 Å². The van der Waals surface area contributed by atoms with Crippen LogP contribution in [0.15, 0.2) is 54.9 Å². The summed E-state index contributed by atoms with van der Waals surface area (Å²) in [6.45, 7) is 4.91.